The van der Waals surface area contributed by atoms with Crippen LogP contribution in [0.2, 0.25) is 5.02 Å². The highest BCUT2D eigenvalue weighted by Gasteiger charge is 2.33. The fourth-order valence-corrected chi connectivity index (χ4v) is 6.74. The number of aromatic nitrogens is 1. The van der Waals surface area contributed by atoms with Gasteiger partial charge in [-0.1, -0.05) is 56.3 Å². The molecule has 1 fully saturated rings. The molecule has 0 spiro atoms. The summed E-state index contributed by atoms with van der Waals surface area (Å²) in [6.45, 7) is 11.2. The first-order valence-electron chi connectivity index (χ1n) is 16.5. The van der Waals surface area contributed by atoms with Crippen LogP contribution < -0.4 is 15.8 Å². The monoisotopic (exact) mass is 739 g/mol. The molecule has 1 aliphatic rings. The van der Waals surface area contributed by atoms with Crippen LogP contribution in [-0.2, 0) is 22.6 Å². The standard InChI is InChI=1S/C38H41ClF3N5O3S/c1-6-25(3)35(43-28-12-14-29(15-13-28)46-20-18-45(4)19-21-46)44-36-26(7-2)22-32(31-23-30(51(5,49)50)16-17-34(31)39)37(48)47(36)24-27-10-8-9-11-33(27)38(40,41)42/h7-17,22-23,25H,2,6,18-21,24H2,1,3-5H3,(H,43,44). The SMILES string of the molecule is C=Cc1cc(-c2cc(S(C)(=O)=O)ccc2Cl)c(=O)n(Cc2ccccc2C(F)(F)F)c1N=C(Nc1ccc(N2CCN(C)CC2)cc1)C(C)CC. The van der Waals surface area contributed by atoms with E-state index in [1.165, 1.54) is 53.1 Å². The van der Waals surface area contributed by atoms with Crippen molar-refractivity contribution in [1.29, 1.82) is 0 Å². The quantitative estimate of drug-likeness (QED) is 0.130. The predicted octanol–water partition coefficient (Wildman–Crippen LogP) is 8.22. The lowest BCUT2D eigenvalue weighted by Crippen LogP contribution is -2.44. The van der Waals surface area contributed by atoms with Crippen molar-refractivity contribution in [3.05, 3.63) is 111 Å². The largest absolute Gasteiger partial charge is 0.416 e. The molecule has 0 saturated carbocycles. The average Bonchev–Trinajstić information content (AvgIpc) is 3.09. The van der Waals surface area contributed by atoms with Crippen molar-refractivity contribution in [1.82, 2.24) is 9.47 Å². The molecule has 2 heterocycles. The van der Waals surface area contributed by atoms with Gasteiger partial charge in [-0.2, -0.15) is 13.2 Å². The summed E-state index contributed by atoms with van der Waals surface area (Å²) in [6, 6.07) is 18.5. The molecule has 5 rings (SSSR count). The fraction of sp³-hybridized carbons (Fsp3) is 0.316. The molecule has 1 saturated heterocycles. The fourth-order valence-electron chi connectivity index (χ4n) is 5.88. The lowest BCUT2D eigenvalue weighted by molar-refractivity contribution is -0.138. The van der Waals surface area contributed by atoms with Crippen molar-refractivity contribution in [2.75, 3.05) is 49.7 Å². The average molecular weight is 740 g/mol. The van der Waals surface area contributed by atoms with Gasteiger partial charge in [0.1, 0.15) is 11.7 Å². The molecule has 0 amide bonds. The number of hydrogen-bond donors (Lipinski definition) is 1. The van der Waals surface area contributed by atoms with Crippen LogP contribution in [0.5, 0.6) is 0 Å². The Labute approximate surface area is 301 Å². The molecule has 0 radical (unpaired) electrons. The smallest absolute Gasteiger partial charge is 0.369 e. The third-order valence-corrected chi connectivity index (χ3v) is 10.6. The van der Waals surface area contributed by atoms with E-state index in [0.717, 1.165) is 49.9 Å². The van der Waals surface area contributed by atoms with Crippen molar-refractivity contribution in [3.8, 4) is 11.1 Å². The van der Waals surface area contributed by atoms with E-state index in [1.807, 2.05) is 38.1 Å². The van der Waals surface area contributed by atoms with E-state index in [9.17, 15) is 26.4 Å². The number of rotatable bonds is 10. The second kappa shape index (κ2) is 15.5. The zero-order valence-electron chi connectivity index (χ0n) is 29.0. The lowest BCUT2D eigenvalue weighted by atomic mass is 10.0. The number of nitrogens with one attached hydrogen (secondary N) is 1. The second-order valence-electron chi connectivity index (χ2n) is 12.8. The predicted molar refractivity (Wildman–Crippen MR) is 201 cm³/mol. The Morgan fingerprint density at radius 2 is 1.69 bits per heavy atom. The molecule has 8 nitrogen and oxygen atoms in total. The van der Waals surface area contributed by atoms with Crippen molar-refractivity contribution in [2.45, 2.75) is 37.9 Å². The van der Waals surface area contributed by atoms with Crippen LogP contribution in [0.15, 0.2) is 94.1 Å². The number of halogens is 4. The Bertz CT molecular complexity index is 2110. The number of pyridine rings is 1. The zero-order chi connectivity index (χ0) is 37.1. The molecule has 3 aromatic carbocycles. The molecule has 1 unspecified atom stereocenters. The Hall–Kier alpha value is -4.39. The number of aliphatic imine (C=N–C) groups is 1. The van der Waals surface area contributed by atoms with Crippen LogP contribution in [0.1, 0.15) is 37.0 Å². The van der Waals surface area contributed by atoms with Crippen LogP contribution in [-0.4, -0.2) is 63.2 Å². The lowest BCUT2D eigenvalue weighted by Gasteiger charge is -2.34. The van der Waals surface area contributed by atoms with Gasteiger partial charge in [0.2, 0.25) is 0 Å². The number of amidine groups is 1. The van der Waals surface area contributed by atoms with Crippen LogP contribution in [0.3, 0.4) is 0 Å². The van der Waals surface area contributed by atoms with E-state index in [1.54, 1.807) is 0 Å². The van der Waals surface area contributed by atoms with E-state index in [-0.39, 0.29) is 38.3 Å². The number of benzene rings is 3. The van der Waals surface area contributed by atoms with Crippen molar-refractivity contribution in [2.24, 2.45) is 10.9 Å². The van der Waals surface area contributed by atoms with E-state index >= 15 is 0 Å². The molecule has 4 aromatic rings. The highest BCUT2D eigenvalue weighted by atomic mass is 35.5. The molecule has 1 aromatic heterocycles. The first kappa shape index (κ1) is 37.9. The first-order chi connectivity index (χ1) is 24.1. The normalized spacial score (nSPS) is 15.1. The van der Waals surface area contributed by atoms with Gasteiger partial charge in [0.05, 0.1) is 17.0 Å². The number of piperazine rings is 1. The molecule has 13 heteroatoms. The maximum Gasteiger partial charge on any atom is 0.416 e. The van der Waals surface area contributed by atoms with Gasteiger partial charge in [0.25, 0.3) is 5.56 Å². The second-order valence-corrected chi connectivity index (χ2v) is 15.2. The van der Waals surface area contributed by atoms with E-state index < -0.39 is 33.7 Å². The summed E-state index contributed by atoms with van der Waals surface area (Å²) < 4.78 is 68.6. The summed E-state index contributed by atoms with van der Waals surface area (Å²) in [6.07, 6.45) is -1.53. The molecule has 1 aliphatic heterocycles. The summed E-state index contributed by atoms with van der Waals surface area (Å²) in [5, 5.41) is 3.49. The molecule has 1 N–H and O–H groups in total. The molecular formula is C38H41ClF3N5O3S. The van der Waals surface area contributed by atoms with Gasteiger partial charge in [-0.25, -0.2) is 13.4 Å². The van der Waals surface area contributed by atoms with Gasteiger partial charge in [-0.15, -0.1) is 0 Å². The first-order valence-corrected chi connectivity index (χ1v) is 18.8. The van der Waals surface area contributed by atoms with Gasteiger partial charge in [0.15, 0.2) is 9.84 Å². The van der Waals surface area contributed by atoms with Crippen LogP contribution in [0.4, 0.5) is 30.4 Å². The van der Waals surface area contributed by atoms with Gasteiger partial charge in [-0.05, 0) is 73.6 Å². The van der Waals surface area contributed by atoms with Crippen molar-refractivity contribution < 1.29 is 21.6 Å². The van der Waals surface area contributed by atoms with Crippen LogP contribution in [0.25, 0.3) is 17.2 Å². The third-order valence-electron chi connectivity index (χ3n) is 9.13. The minimum Gasteiger partial charge on any atom is -0.369 e. The summed E-state index contributed by atoms with van der Waals surface area (Å²) >= 11 is 6.53. The van der Waals surface area contributed by atoms with Gasteiger partial charge >= 0.3 is 6.18 Å². The number of alkyl halides is 3. The molecule has 51 heavy (non-hydrogen) atoms. The number of nitrogens with zero attached hydrogens (tertiary/aromatic N) is 4. The Morgan fingerprint density at radius 3 is 2.29 bits per heavy atom. The van der Waals surface area contributed by atoms with Gasteiger partial charge < -0.3 is 15.1 Å². The minimum absolute atomic E-state index is 0.0126. The number of likely N-dealkylation sites (N-methyl/N-ethyl adjacent to an activating group) is 1. The molecule has 1 atom stereocenters. The summed E-state index contributed by atoms with van der Waals surface area (Å²) in [7, 11) is -1.58. The Balaban J connectivity index is 1.68. The van der Waals surface area contributed by atoms with E-state index in [2.05, 4.69) is 28.7 Å². The van der Waals surface area contributed by atoms with Crippen molar-refractivity contribution >= 4 is 50.5 Å². The zero-order valence-corrected chi connectivity index (χ0v) is 30.5. The van der Waals surface area contributed by atoms with Gasteiger partial charge in [-0.3, -0.25) is 9.36 Å². The number of anilines is 2. The number of sulfone groups is 1. The Kier molecular flexibility index (Phi) is 11.5. The molecule has 0 aliphatic carbocycles. The highest BCUT2D eigenvalue weighted by Crippen LogP contribution is 2.35. The topological polar surface area (TPSA) is 87.0 Å². The molecule has 270 valence electrons. The summed E-state index contributed by atoms with van der Waals surface area (Å²) in [5.74, 6) is 0.435. The molecular weight excluding hydrogens is 699 g/mol. The van der Waals surface area contributed by atoms with Crippen LogP contribution in [0, 0.1) is 5.92 Å². The van der Waals surface area contributed by atoms with E-state index in [4.69, 9.17) is 16.6 Å². The van der Waals surface area contributed by atoms with Crippen molar-refractivity contribution in [3.63, 3.8) is 0 Å². The maximum atomic E-state index is 14.5. The number of hydrogen-bond acceptors (Lipinski definition) is 6. The van der Waals surface area contributed by atoms with Gasteiger partial charge in [0, 0.05) is 71.4 Å². The molecule has 0 bridgehead atoms. The minimum atomic E-state index is -4.69. The highest BCUT2D eigenvalue weighted by molar-refractivity contribution is 7.90. The summed E-state index contributed by atoms with van der Waals surface area (Å²) in [4.78, 5) is 24.0. The van der Waals surface area contributed by atoms with Crippen LogP contribution >= 0.6 is 11.6 Å². The third kappa shape index (κ3) is 8.74. The maximum absolute atomic E-state index is 14.5. The Morgan fingerprint density at radius 1 is 1.02 bits per heavy atom. The summed E-state index contributed by atoms with van der Waals surface area (Å²) in [5.41, 5.74) is 0.537. The van der Waals surface area contributed by atoms with E-state index in [0.29, 0.717) is 17.8 Å².